The van der Waals surface area contributed by atoms with Crippen LogP contribution in [0.1, 0.15) is 26.7 Å². The lowest BCUT2D eigenvalue weighted by atomic mass is 10.2. The predicted octanol–water partition coefficient (Wildman–Crippen LogP) is 3.35. The van der Waals surface area contributed by atoms with Crippen LogP contribution in [0.2, 0.25) is 10.0 Å². The normalized spacial score (nSPS) is 20.6. The molecule has 0 aliphatic carbocycles. The Kier molecular flexibility index (Phi) is 5.73. The number of ether oxygens (including phenoxy) is 2. The van der Waals surface area contributed by atoms with Gasteiger partial charge in [0.05, 0.1) is 21.8 Å². The maximum Gasteiger partial charge on any atom is 0.332 e. The van der Waals surface area contributed by atoms with Gasteiger partial charge in [0.15, 0.2) is 6.10 Å². The summed E-state index contributed by atoms with van der Waals surface area (Å²) in [7, 11) is 0. The fourth-order valence-electron chi connectivity index (χ4n) is 2.19. The summed E-state index contributed by atoms with van der Waals surface area (Å²) in [6.45, 7) is 3.70. The Bertz CT molecular complexity index is 620. The Labute approximate surface area is 143 Å². The second-order valence-corrected chi connectivity index (χ2v) is 6.26. The van der Waals surface area contributed by atoms with Crippen molar-refractivity contribution in [1.82, 2.24) is 0 Å². The van der Waals surface area contributed by atoms with Crippen LogP contribution in [0.25, 0.3) is 0 Å². The van der Waals surface area contributed by atoms with Gasteiger partial charge in [-0.3, -0.25) is 4.79 Å². The number of hydrogen-bond acceptors (Lipinski definition) is 4. The molecule has 0 aromatic heterocycles. The van der Waals surface area contributed by atoms with Gasteiger partial charge in [-0.25, -0.2) is 4.79 Å². The van der Waals surface area contributed by atoms with Crippen molar-refractivity contribution >= 4 is 40.8 Å². The molecule has 0 radical (unpaired) electrons. The summed E-state index contributed by atoms with van der Waals surface area (Å²) >= 11 is 12.1. The number of amides is 1. The van der Waals surface area contributed by atoms with Crippen molar-refractivity contribution in [2.45, 2.75) is 45.0 Å². The minimum absolute atomic E-state index is 0.0910. The van der Waals surface area contributed by atoms with Gasteiger partial charge in [-0.1, -0.05) is 23.2 Å². The molecule has 0 unspecified atom stereocenters. The van der Waals surface area contributed by atoms with Crippen molar-refractivity contribution in [1.29, 1.82) is 0 Å². The molecule has 1 amide bonds. The summed E-state index contributed by atoms with van der Waals surface area (Å²) in [5.74, 6) is -1.12. The summed E-state index contributed by atoms with van der Waals surface area (Å²) < 4.78 is 10.7. The van der Waals surface area contributed by atoms with Gasteiger partial charge in [0.25, 0.3) is 5.91 Å². The quantitative estimate of drug-likeness (QED) is 0.839. The van der Waals surface area contributed by atoms with Gasteiger partial charge in [-0.2, -0.15) is 0 Å². The molecule has 0 bridgehead atoms. The van der Waals surface area contributed by atoms with Gasteiger partial charge in [0.2, 0.25) is 0 Å². The fourth-order valence-corrected chi connectivity index (χ4v) is 2.67. The number of halogens is 2. The van der Waals surface area contributed by atoms with Crippen LogP contribution >= 0.6 is 23.2 Å². The van der Waals surface area contributed by atoms with E-state index in [1.165, 1.54) is 12.1 Å². The lowest BCUT2D eigenvalue weighted by Gasteiger charge is -2.16. The van der Waals surface area contributed by atoms with E-state index in [9.17, 15) is 9.59 Å². The molecule has 2 atom stereocenters. The number of anilines is 1. The molecule has 2 rings (SSSR count). The maximum atomic E-state index is 12.2. The Morgan fingerprint density at radius 1 is 1.26 bits per heavy atom. The van der Waals surface area contributed by atoms with E-state index in [0.29, 0.717) is 29.3 Å². The van der Waals surface area contributed by atoms with Gasteiger partial charge in [0.1, 0.15) is 11.9 Å². The van der Waals surface area contributed by atoms with Crippen LogP contribution in [0.3, 0.4) is 0 Å². The van der Waals surface area contributed by atoms with E-state index in [4.69, 9.17) is 37.8 Å². The van der Waals surface area contributed by atoms with Crippen molar-refractivity contribution in [3.63, 3.8) is 0 Å². The highest BCUT2D eigenvalue weighted by molar-refractivity contribution is 6.37. The van der Waals surface area contributed by atoms with Gasteiger partial charge >= 0.3 is 5.97 Å². The summed E-state index contributed by atoms with van der Waals surface area (Å²) in [5, 5.41) is 12.1. The van der Waals surface area contributed by atoms with E-state index in [1.54, 1.807) is 0 Å². The molecule has 1 aromatic rings. The lowest BCUT2D eigenvalue weighted by Crippen LogP contribution is -2.30. The molecule has 1 aliphatic rings. The molecule has 23 heavy (non-hydrogen) atoms. The van der Waals surface area contributed by atoms with Crippen LogP contribution < -0.4 is 10.1 Å². The largest absolute Gasteiger partial charge is 0.489 e. The van der Waals surface area contributed by atoms with Gasteiger partial charge in [0, 0.05) is 6.07 Å². The van der Waals surface area contributed by atoms with Crippen LogP contribution in [0, 0.1) is 0 Å². The standard InChI is InChI=1S/C15H17Cl2NO5/c1-7(2)22-13-6-10(8(16)5-9(13)17)18-14(19)11-3-4-12(23-11)15(20)21/h5-7,11-12H,3-4H2,1-2H3,(H,18,19)(H,20,21)/t11-,12-/m0/s1. The van der Waals surface area contributed by atoms with Crippen molar-refractivity contribution in [2.24, 2.45) is 0 Å². The number of benzene rings is 1. The monoisotopic (exact) mass is 361 g/mol. The van der Waals surface area contributed by atoms with E-state index in [2.05, 4.69) is 5.32 Å². The number of aliphatic carboxylic acids is 1. The second kappa shape index (κ2) is 7.38. The Hall–Kier alpha value is -1.50. The van der Waals surface area contributed by atoms with E-state index < -0.39 is 24.1 Å². The molecular formula is C15H17Cl2NO5. The Morgan fingerprint density at radius 2 is 1.91 bits per heavy atom. The van der Waals surface area contributed by atoms with Crippen LogP contribution in [-0.2, 0) is 14.3 Å². The highest BCUT2D eigenvalue weighted by Gasteiger charge is 2.35. The fraction of sp³-hybridized carbons (Fsp3) is 0.467. The Morgan fingerprint density at radius 3 is 2.48 bits per heavy atom. The van der Waals surface area contributed by atoms with Crippen molar-refractivity contribution in [2.75, 3.05) is 5.32 Å². The summed E-state index contributed by atoms with van der Waals surface area (Å²) in [5.41, 5.74) is 0.332. The van der Waals surface area contributed by atoms with Crippen LogP contribution in [0.4, 0.5) is 5.69 Å². The molecule has 1 fully saturated rings. The molecule has 1 aliphatic heterocycles. The average Bonchev–Trinajstić information content (AvgIpc) is 2.93. The number of carboxylic acid groups (broad SMARTS) is 1. The zero-order valence-corrected chi connectivity index (χ0v) is 14.1. The molecule has 2 N–H and O–H groups in total. The van der Waals surface area contributed by atoms with Crippen molar-refractivity contribution < 1.29 is 24.2 Å². The molecule has 0 spiro atoms. The van der Waals surface area contributed by atoms with Crippen LogP contribution in [-0.4, -0.2) is 35.3 Å². The van der Waals surface area contributed by atoms with Crippen LogP contribution in [0.15, 0.2) is 12.1 Å². The average molecular weight is 362 g/mol. The molecule has 1 heterocycles. The van der Waals surface area contributed by atoms with Gasteiger partial charge in [-0.05, 0) is 32.8 Å². The second-order valence-electron chi connectivity index (χ2n) is 5.45. The summed E-state index contributed by atoms with van der Waals surface area (Å²) in [6, 6.07) is 3.01. The highest BCUT2D eigenvalue weighted by atomic mass is 35.5. The predicted molar refractivity (Wildman–Crippen MR) is 86.4 cm³/mol. The highest BCUT2D eigenvalue weighted by Crippen LogP contribution is 2.35. The first-order valence-electron chi connectivity index (χ1n) is 7.12. The molecule has 6 nitrogen and oxygen atoms in total. The van der Waals surface area contributed by atoms with Crippen LogP contribution in [0.5, 0.6) is 5.75 Å². The Balaban J connectivity index is 2.10. The smallest absolute Gasteiger partial charge is 0.332 e. The van der Waals surface area contributed by atoms with E-state index in [-0.39, 0.29) is 11.1 Å². The van der Waals surface area contributed by atoms with Gasteiger partial charge < -0.3 is 19.9 Å². The number of carboxylic acids is 1. The topological polar surface area (TPSA) is 84.9 Å². The first-order valence-corrected chi connectivity index (χ1v) is 7.88. The molecule has 1 aromatic carbocycles. The number of hydrogen-bond donors (Lipinski definition) is 2. The minimum atomic E-state index is -1.07. The van der Waals surface area contributed by atoms with E-state index in [1.807, 2.05) is 13.8 Å². The van der Waals surface area contributed by atoms with E-state index in [0.717, 1.165) is 0 Å². The first kappa shape index (κ1) is 17.8. The zero-order chi connectivity index (χ0) is 17.1. The number of carbonyl (C=O) groups excluding carboxylic acids is 1. The zero-order valence-electron chi connectivity index (χ0n) is 12.6. The summed E-state index contributed by atoms with van der Waals surface area (Å²) in [6.07, 6.45) is -1.23. The number of nitrogens with one attached hydrogen (secondary N) is 1. The maximum absolute atomic E-state index is 12.2. The number of rotatable bonds is 5. The molecular weight excluding hydrogens is 345 g/mol. The van der Waals surface area contributed by atoms with Gasteiger partial charge in [-0.15, -0.1) is 0 Å². The minimum Gasteiger partial charge on any atom is -0.489 e. The van der Waals surface area contributed by atoms with E-state index >= 15 is 0 Å². The van der Waals surface area contributed by atoms with Crippen molar-refractivity contribution in [3.05, 3.63) is 22.2 Å². The third-order valence-electron chi connectivity index (χ3n) is 3.23. The lowest BCUT2D eigenvalue weighted by molar-refractivity contribution is -0.150. The summed E-state index contributed by atoms with van der Waals surface area (Å²) in [4.78, 5) is 23.0. The molecule has 0 saturated carbocycles. The first-order chi connectivity index (χ1) is 10.8. The SMILES string of the molecule is CC(C)Oc1cc(NC(=O)[C@@H]2CC[C@@H](C(=O)O)O2)c(Cl)cc1Cl. The number of carbonyl (C=O) groups is 2. The third kappa shape index (κ3) is 4.50. The molecule has 8 heteroatoms. The van der Waals surface area contributed by atoms with Crippen molar-refractivity contribution in [3.8, 4) is 5.75 Å². The molecule has 1 saturated heterocycles. The molecule has 126 valence electrons. The third-order valence-corrected chi connectivity index (χ3v) is 3.84.